The summed E-state index contributed by atoms with van der Waals surface area (Å²) in [4.78, 5) is 11.6. The molecule has 0 saturated carbocycles. The van der Waals surface area contributed by atoms with Crippen LogP contribution in [0.5, 0.6) is 0 Å². The maximum Gasteiger partial charge on any atom is 0.316 e. The molecular formula is C10H20N2O7S2. The highest BCUT2D eigenvalue weighted by Crippen LogP contribution is 2.19. The molecule has 0 aromatic rings. The maximum absolute atomic E-state index is 11.6. The summed E-state index contributed by atoms with van der Waals surface area (Å²) in [6.45, 7) is -0.513. The fraction of sp³-hybridized carbons (Fsp3) is 0.900. The number of aliphatic hydroxyl groups is 4. The number of urea groups is 1. The van der Waals surface area contributed by atoms with Gasteiger partial charge in [-0.15, -0.1) is 0 Å². The van der Waals surface area contributed by atoms with Crippen molar-refractivity contribution < 1.29 is 34.2 Å². The van der Waals surface area contributed by atoms with E-state index in [1.165, 1.54) is 6.26 Å². The molecule has 0 aromatic carbocycles. The number of carbonyl (C=O) groups is 1. The quantitative estimate of drug-likeness (QED) is 0.300. The minimum atomic E-state index is -2.39. The van der Waals surface area contributed by atoms with E-state index in [2.05, 4.69) is 21.8 Å². The van der Waals surface area contributed by atoms with E-state index in [1.54, 1.807) is 0 Å². The molecule has 1 aliphatic heterocycles. The van der Waals surface area contributed by atoms with E-state index in [-0.39, 0.29) is 12.3 Å². The van der Waals surface area contributed by atoms with Crippen LogP contribution in [0.15, 0.2) is 0 Å². The van der Waals surface area contributed by atoms with E-state index < -0.39 is 51.8 Å². The average Bonchev–Trinajstić information content (AvgIpc) is 2.38. The van der Waals surface area contributed by atoms with Gasteiger partial charge in [0.1, 0.15) is 24.4 Å². The zero-order valence-electron chi connectivity index (χ0n) is 11.3. The Hall–Kier alpha value is -0.560. The average molecular weight is 344 g/mol. The third-order valence-electron chi connectivity index (χ3n) is 2.92. The molecular weight excluding hydrogens is 324 g/mol. The molecule has 124 valence electrons. The van der Waals surface area contributed by atoms with Crippen molar-refractivity contribution in [1.29, 1.82) is 0 Å². The predicted molar refractivity (Wildman–Crippen MR) is 76.6 cm³/mol. The third kappa shape index (κ3) is 5.62. The van der Waals surface area contributed by atoms with E-state index in [9.17, 15) is 24.3 Å². The topological polar surface area (TPSA) is 148 Å². The second-order valence-electron chi connectivity index (χ2n) is 4.78. The molecule has 2 amide bonds. The van der Waals surface area contributed by atoms with Crippen molar-refractivity contribution >= 4 is 25.7 Å². The van der Waals surface area contributed by atoms with Gasteiger partial charge in [-0.25, -0.2) is 4.79 Å². The van der Waals surface area contributed by atoms with E-state index >= 15 is 0 Å². The number of hydrogen-bond acceptors (Lipinski definition) is 8. The molecule has 21 heavy (non-hydrogen) atoms. The minimum Gasteiger partial charge on any atom is -0.394 e. The number of aliphatic hydroxyl groups excluding tert-OH is 4. The Bertz CT molecular complexity index is 456. The fourth-order valence-corrected chi connectivity index (χ4v) is 2.47. The lowest BCUT2D eigenvalue weighted by Gasteiger charge is -2.40. The monoisotopic (exact) mass is 344 g/mol. The molecule has 1 heterocycles. The largest absolute Gasteiger partial charge is 0.394 e. The second kappa shape index (κ2) is 7.63. The number of ether oxygens (including phenoxy) is 1. The van der Waals surface area contributed by atoms with Crippen LogP contribution in [0.25, 0.3) is 0 Å². The Kier molecular flexibility index (Phi) is 6.71. The molecule has 0 bridgehead atoms. The van der Waals surface area contributed by atoms with Crippen LogP contribution in [0, 0.1) is 0 Å². The van der Waals surface area contributed by atoms with Crippen LogP contribution in [0.1, 0.15) is 0 Å². The van der Waals surface area contributed by atoms with Gasteiger partial charge in [0.2, 0.25) is 0 Å². The Balaban J connectivity index is 2.50. The second-order valence-corrected chi connectivity index (χ2v) is 9.15. The summed E-state index contributed by atoms with van der Waals surface area (Å²) in [5.41, 5.74) is 0. The molecule has 0 aliphatic carbocycles. The molecule has 1 saturated heterocycles. The molecule has 1 unspecified atom stereocenters. The van der Waals surface area contributed by atoms with Crippen molar-refractivity contribution in [2.24, 2.45) is 0 Å². The van der Waals surface area contributed by atoms with Crippen LogP contribution < -0.4 is 10.6 Å². The van der Waals surface area contributed by atoms with Gasteiger partial charge >= 0.3 is 6.03 Å². The molecule has 9 nitrogen and oxygen atoms in total. The van der Waals surface area contributed by atoms with Gasteiger partial charge < -0.3 is 35.8 Å². The van der Waals surface area contributed by atoms with Gasteiger partial charge in [-0.2, -0.15) is 0 Å². The molecule has 0 radical (unpaired) electrons. The number of hydrogen-bond donors (Lipinski definition) is 6. The Morgan fingerprint density at radius 1 is 1.29 bits per heavy atom. The van der Waals surface area contributed by atoms with Crippen LogP contribution in [-0.4, -0.2) is 86.5 Å². The highest BCUT2D eigenvalue weighted by atomic mass is 32.8. The SMILES string of the molecule is CS(=O)(=S)CCNC(=O)N[C@@H]1O[C@H](CO)[C@@H](O)[C@H](O)[C@H]1O. The van der Waals surface area contributed by atoms with Gasteiger partial charge in [-0.1, -0.05) is 0 Å². The smallest absolute Gasteiger partial charge is 0.316 e. The van der Waals surface area contributed by atoms with E-state index in [0.717, 1.165) is 0 Å². The van der Waals surface area contributed by atoms with Crippen LogP contribution in [0.2, 0.25) is 0 Å². The lowest BCUT2D eigenvalue weighted by atomic mass is 9.98. The summed E-state index contributed by atoms with van der Waals surface area (Å²) >= 11 is 4.68. The van der Waals surface area contributed by atoms with E-state index in [1.807, 2.05) is 0 Å². The van der Waals surface area contributed by atoms with Crippen molar-refractivity contribution in [3.8, 4) is 0 Å². The number of carbonyl (C=O) groups excluding carboxylic acids is 1. The van der Waals surface area contributed by atoms with Crippen LogP contribution in [0.4, 0.5) is 4.79 Å². The molecule has 6 atom stereocenters. The van der Waals surface area contributed by atoms with Gasteiger partial charge in [0.25, 0.3) is 0 Å². The van der Waals surface area contributed by atoms with Crippen LogP contribution in [-0.2, 0) is 24.4 Å². The van der Waals surface area contributed by atoms with Crippen molar-refractivity contribution in [2.75, 3.05) is 25.2 Å². The van der Waals surface area contributed by atoms with Gasteiger partial charge in [-0.3, -0.25) is 4.21 Å². The van der Waals surface area contributed by atoms with E-state index in [4.69, 9.17) is 9.84 Å². The first kappa shape index (κ1) is 18.5. The molecule has 1 rings (SSSR count). The Morgan fingerprint density at radius 2 is 1.90 bits per heavy atom. The number of amides is 2. The molecule has 11 heteroatoms. The zero-order chi connectivity index (χ0) is 16.2. The first-order valence-corrected chi connectivity index (χ1v) is 9.24. The van der Waals surface area contributed by atoms with Crippen molar-refractivity contribution in [3.63, 3.8) is 0 Å². The van der Waals surface area contributed by atoms with Gasteiger partial charge in [0, 0.05) is 27.0 Å². The number of rotatable bonds is 5. The Labute approximate surface area is 127 Å². The fourth-order valence-electron chi connectivity index (χ4n) is 1.75. The zero-order valence-corrected chi connectivity index (χ0v) is 13.0. The lowest BCUT2D eigenvalue weighted by Crippen LogP contribution is -2.64. The summed E-state index contributed by atoms with van der Waals surface area (Å²) < 4.78 is 16.4. The highest BCUT2D eigenvalue weighted by Gasteiger charge is 2.43. The highest BCUT2D eigenvalue weighted by molar-refractivity contribution is 8.32. The standard InChI is InChI=1S/C10H20N2O7S2/c1-21(18,20)3-2-11-10(17)12-9-8(16)7(15)6(14)5(4-13)19-9/h5-9,13-16H,2-4H2,1H3,(H2,11,12,17)/t5-,6-,7+,8-,9-,21?/m1/s1. The van der Waals surface area contributed by atoms with E-state index in [0.29, 0.717) is 0 Å². The van der Waals surface area contributed by atoms with Crippen LogP contribution >= 0.6 is 0 Å². The molecule has 1 aliphatic rings. The predicted octanol–water partition coefficient (Wildman–Crippen LogP) is -3.54. The lowest BCUT2D eigenvalue weighted by molar-refractivity contribution is -0.233. The van der Waals surface area contributed by atoms with Crippen LogP contribution in [0.3, 0.4) is 0 Å². The van der Waals surface area contributed by atoms with Crippen molar-refractivity contribution in [1.82, 2.24) is 10.6 Å². The third-order valence-corrected chi connectivity index (χ3v) is 4.37. The van der Waals surface area contributed by atoms with Gasteiger partial charge in [0.05, 0.1) is 6.61 Å². The summed E-state index contributed by atoms with van der Waals surface area (Å²) in [6.07, 6.45) is -5.62. The summed E-state index contributed by atoms with van der Waals surface area (Å²) in [6, 6.07) is -0.724. The summed E-state index contributed by atoms with van der Waals surface area (Å²) in [5, 5.41) is 42.4. The minimum absolute atomic E-state index is 0.0715. The molecule has 6 N–H and O–H groups in total. The van der Waals surface area contributed by atoms with Crippen molar-refractivity contribution in [3.05, 3.63) is 0 Å². The number of nitrogens with one attached hydrogen (secondary N) is 2. The molecule has 0 spiro atoms. The summed E-state index contributed by atoms with van der Waals surface area (Å²) in [5.74, 6) is 0.116. The normalized spacial score (nSPS) is 35.8. The first-order chi connectivity index (χ1) is 9.65. The first-order valence-electron chi connectivity index (χ1n) is 6.18. The maximum atomic E-state index is 11.6. The molecule has 1 fully saturated rings. The molecule has 0 aromatic heterocycles. The van der Waals surface area contributed by atoms with Gasteiger partial charge in [0.15, 0.2) is 6.23 Å². The Morgan fingerprint density at radius 3 is 2.43 bits per heavy atom. The van der Waals surface area contributed by atoms with Crippen molar-refractivity contribution in [2.45, 2.75) is 30.6 Å². The summed E-state index contributed by atoms with van der Waals surface area (Å²) in [7, 11) is -2.39. The van der Waals surface area contributed by atoms with Gasteiger partial charge in [-0.05, 0) is 11.2 Å².